The van der Waals surface area contributed by atoms with Gasteiger partial charge in [-0.1, -0.05) is 19.9 Å². The highest BCUT2D eigenvalue weighted by Crippen LogP contribution is 2.38. The molecule has 2 fully saturated rings. The van der Waals surface area contributed by atoms with Gasteiger partial charge in [0.15, 0.2) is 6.10 Å². The number of hydrogen-bond donors (Lipinski definition) is 1. The lowest BCUT2D eigenvalue weighted by atomic mass is 9.82. The zero-order valence-corrected chi connectivity index (χ0v) is 14.3. The second-order valence-electron chi connectivity index (χ2n) is 6.78. The van der Waals surface area contributed by atoms with Gasteiger partial charge in [-0.3, -0.25) is 14.6 Å². The Morgan fingerprint density at radius 1 is 1.46 bits per heavy atom. The van der Waals surface area contributed by atoms with Gasteiger partial charge >= 0.3 is 0 Å². The van der Waals surface area contributed by atoms with Crippen LogP contribution in [-0.2, 0) is 14.3 Å². The third-order valence-electron chi connectivity index (χ3n) is 5.55. The number of ether oxygens (including phenoxy) is 1. The highest BCUT2D eigenvalue weighted by Gasteiger charge is 2.43. The van der Waals surface area contributed by atoms with Gasteiger partial charge in [0.1, 0.15) is 6.61 Å². The number of rotatable bonds is 4. The summed E-state index contributed by atoms with van der Waals surface area (Å²) >= 11 is 0. The molecular formula is C18H25N3O3. The Hall–Kier alpha value is -1.95. The van der Waals surface area contributed by atoms with Crippen LogP contribution in [0.15, 0.2) is 24.5 Å². The minimum atomic E-state index is -0.684. The van der Waals surface area contributed by atoms with Crippen molar-refractivity contribution >= 4 is 11.8 Å². The van der Waals surface area contributed by atoms with Crippen LogP contribution in [0.3, 0.4) is 0 Å². The first-order valence-corrected chi connectivity index (χ1v) is 8.68. The van der Waals surface area contributed by atoms with Crippen LogP contribution in [0.1, 0.15) is 44.7 Å². The number of likely N-dealkylation sites (tertiary alicyclic amines) is 1. The second-order valence-corrected chi connectivity index (χ2v) is 6.78. The minimum absolute atomic E-state index is 0.0346. The zero-order valence-electron chi connectivity index (χ0n) is 14.3. The largest absolute Gasteiger partial charge is 0.356 e. The number of morpholine rings is 1. The summed E-state index contributed by atoms with van der Waals surface area (Å²) in [6.45, 7) is 5.83. The van der Waals surface area contributed by atoms with Crippen molar-refractivity contribution in [3.05, 3.63) is 30.1 Å². The molecule has 1 aromatic rings. The highest BCUT2D eigenvalue weighted by atomic mass is 16.5. The molecule has 24 heavy (non-hydrogen) atoms. The molecule has 0 saturated carbocycles. The van der Waals surface area contributed by atoms with Crippen LogP contribution >= 0.6 is 0 Å². The fourth-order valence-corrected chi connectivity index (χ4v) is 3.71. The first-order valence-electron chi connectivity index (χ1n) is 8.68. The van der Waals surface area contributed by atoms with Crippen LogP contribution in [0, 0.1) is 5.41 Å². The van der Waals surface area contributed by atoms with Crippen LogP contribution in [0.4, 0.5) is 0 Å². The maximum atomic E-state index is 13.0. The molecule has 3 heterocycles. The van der Waals surface area contributed by atoms with E-state index in [1.807, 2.05) is 11.0 Å². The van der Waals surface area contributed by atoms with Crippen molar-refractivity contribution in [2.24, 2.45) is 5.41 Å². The lowest BCUT2D eigenvalue weighted by Crippen LogP contribution is -2.53. The molecule has 2 saturated heterocycles. The van der Waals surface area contributed by atoms with Crippen LogP contribution < -0.4 is 5.32 Å². The van der Waals surface area contributed by atoms with Gasteiger partial charge < -0.3 is 15.0 Å². The third-order valence-corrected chi connectivity index (χ3v) is 5.55. The lowest BCUT2D eigenvalue weighted by molar-refractivity contribution is -0.154. The highest BCUT2D eigenvalue weighted by molar-refractivity contribution is 5.86. The molecule has 0 spiro atoms. The smallest absolute Gasteiger partial charge is 0.254 e. The average Bonchev–Trinajstić information content (AvgIpc) is 3.07. The zero-order chi connectivity index (χ0) is 17.2. The lowest BCUT2D eigenvalue weighted by Gasteiger charge is -2.34. The van der Waals surface area contributed by atoms with Crippen molar-refractivity contribution in [2.45, 2.75) is 45.3 Å². The molecule has 2 atom stereocenters. The second kappa shape index (κ2) is 6.89. The molecule has 2 amide bonds. The Balaban J connectivity index is 1.79. The van der Waals surface area contributed by atoms with Gasteiger partial charge in [0.2, 0.25) is 5.91 Å². The molecule has 1 N–H and O–H groups in total. The van der Waals surface area contributed by atoms with Crippen molar-refractivity contribution in [1.82, 2.24) is 15.2 Å². The van der Waals surface area contributed by atoms with E-state index in [-0.39, 0.29) is 23.8 Å². The predicted octanol–water partition coefficient (Wildman–Crippen LogP) is 1.68. The maximum absolute atomic E-state index is 13.0. The number of nitrogens with zero attached hydrogens (tertiary/aromatic N) is 2. The summed E-state index contributed by atoms with van der Waals surface area (Å²) in [4.78, 5) is 30.8. The van der Waals surface area contributed by atoms with Gasteiger partial charge in [-0.15, -0.1) is 0 Å². The van der Waals surface area contributed by atoms with Crippen LogP contribution in [0.2, 0.25) is 0 Å². The van der Waals surface area contributed by atoms with E-state index in [1.165, 1.54) is 0 Å². The Labute approximate surface area is 142 Å². The van der Waals surface area contributed by atoms with Gasteiger partial charge in [-0.25, -0.2) is 0 Å². The molecule has 1 aromatic heterocycles. The van der Waals surface area contributed by atoms with Crippen molar-refractivity contribution < 1.29 is 14.3 Å². The van der Waals surface area contributed by atoms with E-state index in [1.54, 1.807) is 18.5 Å². The van der Waals surface area contributed by atoms with Crippen LogP contribution in [-0.4, -0.2) is 47.5 Å². The van der Waals surface area contributed by atoms with Crippen molar-refractivity contribution in [1.29, 1.82) is 0 Å². The first kappa shape index (κ1) is 16.9. The normalized spacial score (nSPS) is 26.2. The van der Waals surface area contributed by atoms with Gasteiger partial charge in [0, 0.05) is 25.5 Å². The average molecular weight is 331 g/mol. The first-order chi connectivity index (χ1) is 11.6. The Morgan fingerprint density at radius 2 is 2.25 bits per heavy atom. The fraction of sp³-hybridized carbons (Fsp3) is 0.611. The summed E-state index contributed by atoms with van der Waals surface area (Å²) in [6, 6.07) is 3.18. The van der Waals surface area contributed by atoms with E-state index >= 15 is 0 Å². The summed E-state index contributed by atoms with van der Waals surface area (Å²) in [7, 11) is 0. The standard InChI is InChI=1S/C18H25N3O3/c1-3-18(4-2)7-9-21(12-18)17(23)16-15(20-14(22)11-24-16)13-6-5-8-19-10-13/h5-6,8,10,15-16H,3-4,7,9,11-12H2,1-2H3,(H,20,22)/t15-,16+/m1/s1. The van der Waals surface area contributed by atoms with Crippen LogP contribution in [0.5, 0.6) is 0 Å². The Morgan fingerprint density at radius 3 is 2.88 bits per heavy atom. The van der Waals surface area contributed by atoms with Gasteiger partial charge in [0.25, 0.3) is 5.91 Å². The summed E-state index contributed by atoms with van der Waals surface area (Å²) in [5.41, 5.74) is 1.01. The molecule has 0 unspecified atom stereocenters. The summed E-state index contributed by atoms with van der Waals surface area (Å²) < 4.78 is 5.64. The Bertz CT molecular complexity index is 601. The summed E-state index contributed by atoms with van der Waals surface area (Å²) in [5.74, 6) is -0.238. The van der Waals surface area contributed by atoms with Gasteiger partial charge in [-0.2, -0.15) is 0 Å². The third kappa shape index (κ3) is 3.15. The van der Waals surface area contributed by atoms with E-state index in [9.17, 15) is 9.59 Å². The van der Waals surface area contributed by atoms with E-state index < -0.39 is 12.1 Å². The van der Waals surface area contributed by atoms with E-state index in [0.29, 0.717) is 0 Å². The quantitative estimate of drug-likeness (QED) is 0.911. The molecule has 6 heteroatoms. The molecule has 2 aliphatic rings. The number of carbonyl (C=O) groups is 2. The predicted molar refractivity (Wildman–Crippen MR) is 89.1 cm³/mol. The van der Waals surface area contributed by atoms with Crippen LogP contribution in [0.25, 0.3) is 0 Å². The number of pyridine rings is 1. The molecule has 0 bridgehead atoms. The number of carbonyl (C=O) groups excluding carboxylic acids is 2. The number of aromatic nitrogens is 1. The number of hydrogen-bond acceptors (Lipinski definition) is 4. The van der Waals surface area contributed by atoms with E-state index in [2.05, 4.69) is 24.1 Å². The summed E-state index contributed by atoms with van der Waals surface area (Å²) in [5, 5.41) is 2.88. The van der Waals surface area contributed by atoms with Gasteiger partial charge in [-0.05, 0) is 36.3 Å². The molecule has 0 aromatic carbocycles. The molecule has 0 aliphatic carbocycles. The summed E-state index contributed by atoms with van der Waals surface area (Å²) in [6.07, 6.45) is 5.83. The van der Waals surface area contributed by atoms with Crippen molar-refractivity contribution in [2.75, 3.05) is 19.7 Å². The molecule has 0 radical (unpaired) electrons. The molecule has 130 valence electrons. The van der Waals surface area contributed by atoms with Crippen molar-refractivity contribution in [3.63, 3.8) is 0 Å². The number of amides is 2. The fourth-order valence-electron chi connectivity index (χ4n) is 3.71. The topological polar surface area (TPSA) is 71.5 Å². The minimum Gasteiger partial charge on any atom is -0.356 e. The molecule has 2 aliphatic heterocycles. The van der Waals surface area contributed by atoms with Crippen molar-refractivity contribution in [3.8, 4) is 0 Å². The Kier molecular flexibility index (Phi) is 4.85. The maximum Gasteiger partial charge on any atom is 0.254 e. The molecule has 3 rings (SSSR count). The monoisotopic (exact) mass is 331 g/mol. The van der Waals surface area contributed by atoms with Gasteiger partial charge in [0.05, 0.1) is 6.04 Å². The molecular weight excluding hydrogens is 306 g/mol. The SMILES string of the molecule is CCC1(CC)CCN(C(=O)[C@H]2OCC(=O)N[C@@H]2c2cccnc2)C1. The number of nitrogens with one attached hydrogen (secondary N) is 1. The van der Waals surface area contributed by atoms with E-state index in [4.69, 9.17) is 4.74 Å². The van der Waals surface area contributed by atoms with E-state index in [0.717, 1.165) is 37.9 Å². The molecule has 6 nitrogen and oxygen atoms in total.